The van der Waals surface area contributed by atoms with Crippen molar-refractivity contribution in [1.82, 2.24) is 0 Å². The molecule has 0 N–H and O–H groups in total. The first kappa shape index (κ1) is 12.5. The Morgan fingerprint density at radius 1 is 1.29 bits per heavy atom. The number of carbonyl (C=O) groups is 1. The van der Waals surface area contributed by atoms with Crippen LogP contribution in [0.3, 0.4) is 0 Å². The van der Waals surface area contributed by atoms with Crippen LogP contribution in [-0.2, 0) is 0 Å². The Labute approximate surface area is 106 Å². The first-order valence-electron chi connectivity index (χ1n) is 6.13. The van der Waals surface area contributed by atoms with Crippen LogP contribution in [0.15, 0.2) is 18.2 Å². The number of hydrogen-bond acceptors (Lipinski definition) is 1. The summed E-state index contributed by atoms with van der Waals surface area (Å²) >= 11 is 0. The summed E-state index contributed by atoms with van der Waals surface area (Å²) in [4.78, 5) is 12.6. The van der Waals surface area contributed by atoms with Gasteiger partial charge in [0.1, 0.15) is 0 Å². The van der Waals surface area contributed by atoms with E-state index in [1.54, 1.807) is 12.1 Å². The van der Waals surface area contributed by atoms with Gasteiger partial charge in [-0.2, -0.15) is 0 Å². The van der Waals surface area contributed by atoms with E-state index in [4.69, 9.17) is 0 Å². The first-order chi connectivity index (χ1) is 7.97. The van der Waals surface area contributed by atoms with Crippen LogP contribution < -0.4 is 0 Å². The zero-order chi connectivity index (χ0) is 12.5. The standard InChI is InChI=1S/C15H20OS/c1-15(2,17(3)11-7-8-12-17)14(16)13-9-5-4-6-10-13/h5,9-10H,7-8,11-12H2,1-3H3. The monoisotopic (exact) mass is 248 g/mol. The van der Waals surface area contributed by atoms with E-state index in [0.29, 0.717) is 0 Å². The van der Waals surface area contributed by atoms with Gasteiger partial charge in [-0.25, -0.2) is 10.0 Å². The number of carbonyl (C=O) groups excluding carboxylic acids is 1. The quantitative estimate of drug-likeness (QED) is 0.749. The first-order valence-corrected chi connectivity index (χ1v) is 8.51. The minimum Gasteiger partial charge on any atom is -0.293 e. The second-order valence-electron chi connectivity index (χ2n) is 5.45. The maximum absolute atomic E-state index is 12.6. The summed E-state index contributed by atoms with van der Waals surface area (Å²) in [6, 6.07) is 11.1. The van der Waals surface area contributed by atoms with E-state index in [1.807, 2.05) is 6.07 Å². The third-order valence-corrected chi connectivity index (χ3v) is 9.17. The molecular weight excluding hydrogens is 228 g/mol. The molecule has 0 aromatic heterocycles. The number of hydrogen-bond donors (Lipinski definition) is 0. The molecule has 1 aliphatic heterocycles. The Bertz CT molecular complexity index is 402. The third-order valence-electron chi connectivity index (χ3n) is 4.14. The van der Waals surface area contributed by atoms with E-state index >= 15 is 0 Å². The molecule has 0 amide bonds. The van der Waals surface area contributed by atoms with Gasteiger partial charge in [0.2, 0.25) is 0 Å². The smallest absolute Gasteiger partial charge is 0.177 e. The summed E-state index contributed by atoms with van der Waals surface area (Å²) in [6.07, 6.45) is 4.92. The number of Topliss-reactive ketones (excluding diaryl/α,β-unsaturated/α-hetero) is 1. The van der Waals surface area contributed by atoms with Crippen molar-refractivity contribution in [1.29, 1.82) is 0 Å². The van der Waals surface area contributed by atoms with E-state index in [9.17, 15) is 4.79 Å². The van der Waals surface area contributed by atoms with E-state index < -0.39 is 10.0 Å². The molecule has 1 heterocycles. The molecule has 0 spiro atoms. The highest BCUT2D eigenvalue weighted by atomic mass is 32.3. The molecule has 0 unspecified atom stereocenters. The Morgan fingerprint density at radius 2 is 1.94 bits per heavy atom. The third kappa shape index (κ3) is 2.09. The highest BCUT2D eigenvalue weighted by molar-refractivity contribution is 8.34. The molecule has 1 aromatic carbocycles. The lowest BCUT2D eigenvalue weighted by atomic mass is 10.0. The maximum atomic E-state index is 12.6. The fraction of sp³-hybridized carbons (Fsp3) is 0.533. The predicted octanol–water partition coefficient (Wildman–Crippen LogP) is 3.48. The molecule has 1 fully saturated rings. The van der Waals surface area contributed by atoms with Crippen LogP contribution in [0.5, 0.6) is 0 Å². The highest BCUT2D eigenvalue weighted by Gasteiger charge is 2.43. The van der Waals surface area contributed by atoms with Crippen molar-refractivity contribution >= 4 is 15.8 Å². The van der Waals surface area contributed by atoms with Crippen LogP contribution >= 0.6 is 10.0 Å². The minimum absolute atomic E-state index is 0.210. The van der Waals surface area contributed by atoms with Gasteiger partial charge in [0, 0.05) is 5.56 Å². The summed E-state index contributed by atoms with van der Waals surface area (Å²) in [7, 11) is -0.803. The fourth-order valence-corrected chi connectivity index (χ4v) is 5.99. The molecule has 1 saturated heterocycles. The summed E-state index contributed by atoms with van der Waals surface area (Å²) in [5, 5.41) is 0. The van der Waals surface area contributed by atoms with Crippen LogP contribution in [0.4, 0.5) is 0 Å². The molecule has 1 aromatic rings. The van der Waals surface area contributed by atoms with Crippen molar-refractivity contribution in [2.24, 2.45) is 0 Å². The lowest BCUT2D eigenvalue weighted by molar-refractivity contribution is 0.0956. The highest BCUT2D eigenvalue weighted by Crippen LogP contribution is 2.61. The Morgan fingerprint density at radius 3 is 2.47 bits per heavy atom. The average molecular weight is 248 g/mol. The zero-order valence-electron chi connectivity index (χ0n) is 10.9. The van der Waals surface area contributed by atoms with Gasteiger partial charge in [-0.05, 0) is 62.6 Å². The molecule has 2 rings (SSSR count). The van der Waals surface area contributed by atoms with Crippen LogP contribution in [0.2, 0.25) is 0 Å². The second kappa shape index (κ2) is 4.38. The van der Waals surface area contributed by atoms with Gasteiger partial charge in [-0.3, -0.25) is 4.79 Å². The Balaban J connectivity index is 2.29. The van der Waals surface area contributed by atoms with Crippen LogP contribution in [-0.4, -0.2) is 28.3 Å². The molecule has 2 heteroatoms. The van der Waals surface area contributed by atoms with Gasteiger partial charge >= 0.3 is 0 Å². The van der Waals surface area contributed by atoms with Crippen molar-refractivity contribution < 1.29 is 4.79 Å². The summed E-state index contributed by atoms with van der Waals surface area (Å²) in [6.45, 7) is 4.26. The molecule has 0 saturated carbocycles. The van der Waals surface area contributed by atoms with E-state index in [1.165, 1.54) is 24.3 Å². The Hall–Kier alpha value is -0.940. The van der Waals surface area contributed by atoms with Gasteiger partial charge in [0.25, 0.3) is 0 Å². The van der Waals surface area contributed by atoms with Crippen LogP contribution in [0.1, 0.15) is 37.0 Å². The van der Waals surface area contributed by atoms with Crippen molar-refractivity contribution in [3.63, 3.8) is 0 Å². The van der Waals surface area contributed by atoms with E-state index in [-0.39, 0.29) is 10.5 Å². The molecule has 0 atom stereocenters. The molecule has 0 aliphatic carbocycles. The van der Waals surface area contributed by atoms with E-state index in [0.717, 1.165) is 5.56 Å². The largest absolute Gasteiger partial charge is 0.293 e. The maximum Gasteiger partial charge on any atom is 0.177 e. The van der Waals surface area contributed by atoms with Gasteiger partial charge in [-0.1, -0.05) is 12.1 Å². The second-order valence-corrected chi connectivity index (χ2v) is 9.84. The molecule has 1 aliphatic rings. The molecule has 0 bridgehead atoms. The lowest BCUT2D eigenvalue weighted by Gasteiger charge is -2.45. The van der Waals surface area contributed by atoms with Crippen molar-refractivity contribution in [2.45, 2.75) is 31.4 Å². The van der Waals surface area contributed by atoms with Gasteiger partial charge < -0.3 is 0 Å². The van der Waals surface area contributed by atoms with Crippen molar-refractivity contribution in [3.05, 3.63) is 35.9 Å². The SMILES string of the molecule is CC(C)(C(=O)c1cc#ccc1)S1(C)CCCC1. The van der Waals surface area contributed by atoms with Crippen LogP contribution in [0, 0.1) is 12.1 Å². The molecule has 1 nitrogen and oxygen atoms in total. The summed E-state index contributed by atoms with van der Waals surface area (Å²) < 4.78 is -0.210. The number of ketones is 1. The normalized spacial score (nSPS) is 20.6. The zero-order valence-corrected chi connectivity index (χ0v) is 11.7. The minimum atomic E-state index is -0.803. The molecule has 92 valence electrons. The lowest BCUT2D eigenvalue weighted by Crippen LogP contribution is -2.38. The summed E-state index contributed by atoms with van der Waals surface area (Å²) in [5.41, 5.74) is 0.786. The van der Waals surface area contributed by atoms with Crippen molar-refractivity contribution in [3.8, 4) is 0 Å². The molecule has 0 radical (unpaired) electrons. The topological polar surface area (TPSA) is 17.1 Å². The number of rotatable bonds is 3. The molecular formula is C15H20OS. The van der Waals surface area contributed by atoms with Gasteiger partial charge in [-0.15, -0.1) is 0 Å². The predicted molar refractivity (Wildman–Crippen MR) is 75.0 cm³/mol. The van der Waals surface area contributed by atoms with E-state index in [2.05, 4.69) is 32.2 Å². The van der Waals surface area contributed by atoms with Crippen molar-refractivity contribution in [2.75, 3.05) is 17.8 Å². The fourth-order valence-electron chi connectivity index (χ4n) is 2.51. The van der Waals surface area contributed by atoms with Gasteiger partial charge in [0.15, 0.2) is 5.78 Å². The Kier molecular flexibility index (Phi) is 3.23. The van der Waals surface area contributed by atoms with Crippen LogP contribution in [0.25, 0.3) is 0 Å². The average Bonchev–Trinajstić information content (AvgIpc) is 2.78. The molecule has 17 heavy (non-hydrogen) atoms. The summed E-state index contributed by atoms with van der Waals surface area (Å²) in [5.74, 6) is 2.77. The van der Waals surface area contributed by atoms with Gasteiger partial charge in [0.05, 0.1) is 4.75 Å².